The Labute approximate surface area is 167 Å². The van der Waals surface area contributed by atoms with Gasteiger partial charge in [0.25, 0.3) is 11.5 Å². The summed E-state index contributed by atoms with van der Waals surface area (Å²) in [5.41, 5.74) is -0.417. The minimum Gasteiger partial charge on any atom is -0.451 e. The predicted octanol–water partition coefficient (Wildman–Crippen LogP) is 1.49. The molecule has 2 atom stereocenters. The van der Waals surface area contributed by atoms with Crippen LogP contribution in [0.5, 0.6) is 0 Å². The van der Waals surface area contributed by atoms with E-state index in [-0.39, 0.29) is 17.3 Å². The van der Waals surface area contributed by atoms with Crippen molar-refractivity contribution in [2.24, 2.45) is 13.0 Å². The molecule has 1 aromatic heterocycles. The van der Waals surface area contributed by atoms with E-state index in [2.05, 4.69) is 22.7 Å². The van der Waals surface area contributed by atoms with Crippen molar-refractivity contribution in [3.05, 3.63) is 40.3 Å². The summed E-state index contributed by atoms with van der Waals surface area (Å²) in [7, 11) is 1.43. The second kappa shape index (κ2) is 8.85. The summed E-state index contributed by atoms with van der Waals surface area (Å²) >= 11 is 0. The molecule has 0 spiro atoms. The molecule has 1 aliphatic carbocycles. The molecule has 1 aliphatic rings. The standard InChI is InChI=1S/C20H24N4O5/c1-12-7-3-6-10-15(12)21-20(28)22-16(25)11-29-19(27)17-13-8-4-5-9-14(13)18(26)24(2)23-17/h4-5,8-9,12,15H,3,6-7,10-11H2,1-2H3,(H2,21,22,25,28)/t12-,15+/m0/s1. The summed E-state index contributed by atoms with van der Waals surface area (Å²) in [6, 6.07) is 5.94. The number of aryl methyl sites for hydroxylation is 1. The summed E-state index contributed by atoms with van der Waals surface area (Å²) in [5, 5.41) is 9.57. The number of amides is 3. The van der Waals surface area contributed by atoms with E-state index in [4.69, 9.17) is 4.74 Å². The van der Waals surface area contributed by atoms with Crippen molar-refractivity contribution < 1.29 is 19.1 Å². The number of urea groups is 1. The molecule has 2 aromatic rings. The third-order valence-corrected chi connectivity index (χ3v) is 5.17. The highest BCUT2D eigenvalue weighted by Crippen LogP contribution is 2.23. The third-order valence-electron chi connectivity index (χ3n) is 5.17. The van der Waals surface area contributed by atoms with Gasteiger partial charge in [-0.05, 0) is 24.8 Å². The average molecular weight is 400 g/mol. The van der Waals surface area contributed by atoms with Crippen LogP contribution in [-0.4, -0.2) is 40.3 Å². The SMILES string of the molecule is C[C@H]1CCCC[C@H]1NC(=O)NC(=O)COC(=O)c1nn(C)c(=O)c2ccccc12. The normalized spacial score (nSPS) is 18.8. The fourth-order valence-electron chi connectivity index (χ4n) is 3.55. The van der Waals surface area contributed by atoms with Crippen LogP contribution in [0.25, 0.3) is 10.8 Å². The van der Waals surface area contributed by atoms with Crippen LogP contribution in [-0.2, 0) is 16.6 Å². The maximum atomic E-state index is 12.4. The van der Waals surface area contributed by atoms with Crippen molar-refractivity contribution in [3.8, 4) is 0 Å². The first-order chi connectivity index (χ1) is 13.9. The van der Waals surface area contributed by atoms with Gasteiger partial charge in [0.15, 0.2) is 12.3 Å². The molecule has 0 aliphatic heterocycles. The minimum absolute atomic E-state index is 0.0280. The molecular formula is C20H24N4O5. The monoisotopic (exact) mass is 400 g/mol. The van der Waals surface area contributed by atoms with E-state index >= 15 is 0 Å². The lowest BCUT2D eigenvalue weighted by Crippen LogP contribution is -2.48. The number of ether oxygens (including phenoxy) is 1. The molecule has 3 amide bonds. The highest BCUT2D eigenvalue weighted by molar-refractivity contribution is 6.03. The molecule has 1 fully saturated rings. The van der Waals surface area contributed by atoms with E-state index in [1.807, 2.05) is 0 Å². The van der Waals surface area contributed by atoms with Gasteiger partial charge >= 0.3 is 12.0 Å². The summed E-state index contributed by atoms with van der Waals surface area (Å²) in [4.78, 5) is 48.5. The highest BCUT2D eigenvalue weighted by atomic mass is 16.5. The van der Waals surface area contributed by atoms with E-state index in [1.165, 1.54) is 7.05 Å². The smallest absolute Gasteiger partial charge is 0.359 e. The van der Waals surface area contributed by atoms with Gasteiger partial charge in [-0.25, -0.2) is 14.3 Å². The zero-order chi connectivity index (χ0) is 21.0. The Hall–Kier alpha value is -3.23. The van der Waals surface area contributed by atoms with E-state index in [9.17, 15) is 19.2 Å². The Bertz CT molecular complexity index is 1000. The largest absolute Gasteiger partial charge is 0.451 e. The van der Waals surface area contributed by atoms with Crippen LogP contribution in [0, 0.1) is 5.92 Å². The third kappa shape index (κ3) is 4.79. The Morgan fingerprint density at radius 3 is 2.59 bits per heavy atom. The Morgan fingerprint density at radius 1 is 1.17 bits per heavy atom. The van der Waals surface area contributed by atoms with Gasteiger partial charge in [-0.2, -0.15) is 5.10 Å². The van der Waals surface area contributed by atoms with E-state index < -0.39 is 24.5 Å². The number of nitrogens with zero attached hydrogens (tertiary/aromatic N) is 2. The Kier molecular flexibility index (Phi) is 6.26. The number of benzene rings is 1. The van der Waals surface area contributed by atoms with E-state index in [0.717, 1.165) is 30.4 Å². The zero-order valence-corrected chi connectivity index (χ0v) is 16.4. The number of fused-ring (bicyclic) bond motifs is 1. The van der Waals surface area contributed by atoms with Crippen LogP contribution in [0.1, 0.15) is 43.1 Å². The quantitative estimate of drug-likeness (QED) is 0.751. The molecule has 3 rings (SSSR count). The summed E-state index contributed by atoms with van der Waals surface area (Å²) in [6.45, 7) is 1.43. The molecule has 1 heterocycles. The minimum atomic E-state index is -0.853. The maximum Gasteiger partial charge on any atom is 0.359 e. The number of carbonyl (C=O) groups excluding carboxylic acids is 3. The van der Waals surface area contributed by atoms with Crippen LogP contribution >= 0.6 is 0 Å². The molecule has 9 heteroatoms. The number of aromatic nitrogens is 2. The van der Waals surface area contributed by atoms with Gasteiger partial charge < -0.3 is 10.1 Å². The predicted molar refractivity (Wildman–Crippen MR) is 105 cm³/mol. The number of hydrogen-bond acceptors (Lipinski definition) is 6. The van der Waals surface area contributed by atoms with E-state index in [1.54, 1.807) is 24.3 Å². The van der Waals surface area contributed by atoms with Crippen LogP contribution in [0.3, 0.4) is 0 Å². The van der Waals surface area contributed by atoms with Crippen molar-refractivity contribution in [1.82, 2.24) is 20.4 Å². The zero-order valence-electron chi connectivity index (χ0n) is 16.4. The number of rotatable bonds is 4. The van der Waals surface area contributed by atoms with Crippen molar-refractivity contribution in [2.75, 3.05) is 6.61 Å². The van der Waals surface area contributed by atoms with Crippen molar-refractivity contribution >= 4 is 28.7 Å². The molecule has 29 heavy (non-hydrogen) atoms. The molecule has 0 bridgehead atoms. The first-order valence-electron chi connectivity index (χ1n) is 9.60. The maximum absolute atomic E-state index is 12.4. The van der Waals surface area contributed by atoms with E-state index in [0.29, 0.717) is 16.7 Å². The Morgan fingerprint density at radius 2 is 1.86 bits per heavy atom. The van der Waals surface area contributed by atoms with Crippen LogP contribution < -0.4 is 16.2 Å². The molecule has 0 radical (unpaired) electrons. The number of nitrogens with one attached hydrogen (secondary N) is 2. The van der Waals surface area contributed by atoms with Gasteiger partial charge in [0.05, 0.1) is 5.39 Å². The van der Waals surface area contributed by atoms with Crippen LogP contribution in [0.4, 0.5) is 4.79 Å². The number of esters is 1. The summed E-state index contributed by atoms with van der Waals surface area (Å²) in [6.07, 6.45) is 4.10. The summed E-state index contributed by atoms with van der Waals surface area (Å²) < 4.78 is 6.04. The second-order valence-electron chi connectivity index (χ2n) is 7.29. The number of hydrogen-bond donors (Lipinski definition) is 2. The lowest BCUT2D eigenvalue weighted by molar-refractivity contribution is -0.123. The molecule has 1 saturated carbocycles. The second-order valence-corrected chi connectivity index (χ2v) is 7.29. The Balaban J connectivity index is 1.59. The number of imide groups is 1. The molecule has 9 nitrogen and oxygen atoms in total. The molecule has 0 unspecified atom stereocenters. The van der Waals surface area contributed by atoms with Crippen LogP contribution in [0.15, 0.2) is 29.1 Å². The molecule has 0 saturated heterocycles. The van der Waals surface area contributed by atoms with Crippen molar-refractivity contribution in [1.29, 1.82) is 0 Å². The average Bonchev–Trinajstić information content (AvgIpc) is 2.70. The fourth-order valence-corrected chi connectivity index (χ4v) is 3.55. The van der Waals surface area contributed by atoms with Crippen molar-refractivity contribution in [3.63, 3.8) is 0 Å². The molecule has 1 aromatic carbocycles. The first-order valence-corrected chi connectivity index (χ1v) is 9.60. The van der Waals surface area contributed by atoms with Crippen molar-refractivity contribution in [2.45, 2.75) is 38.6 Å². The molecular weight excluding hydrogens is 376 g/mol. The molecule has 154 valence electrons. The van der Waals surface area contributed by atoms with Gasteiger partial charge in [0.2, 0.25) is 0 Å². The lowest BCUT2D eigenvalue weighted by Gasteiger charge is -2.29. The van der Waals surface area contributed by atoms with Gasteiger partial charge in [-0.3, -0.25) is 14.9 Å². The summed E-state index contributed by atoms with van der Waals surface area (Å²) in [5.74, 6) is -1.24. The first kappa shape index (κ1) is 20.5. The lowest BCUT2D eigenvalue weighted by atomic mass is 9.86. The van der Waals surface area contributed by atoms with Gasteiger partial charge in [-0.1, -0.05) is 38.0 Å². The molecule has 2 N–H and O–H groups in total. The highest BCUT2D eigenvalue weighted by Gasteiger charge is 2.24. The number of carbonyl (C=O) groups is 3. The topological polar surface area (TPSA) is 119 Å². The van der Waals surface area contributed by atoms with Crippen LogP contribution in [0.2, 0.25) is 0 Å². The van der Waals surface area contributed by atoms with Gasteiger partial charge in [0, 0.05) is 18.5 Å². The van der Waals surface area contributed by atoms with Gasteiger partial charge in [-0.15, -0.1) is 0 Å². The van der Waals surface area contributed by atoms with Gasteiger partial charge in [0.1, 0.15) is 0 Å². The fraction of sp³-hybridized carbons (Fsp3) is 0.450.